The number of nitrogens with zero attached hydrogens (tertiary/aromatic N) is 3. The second kappa shape index (κ2) is 8.30. The number of likely N-dealkylation sites (tertiary alicyclic amines) is 1. The summed E-state index contributed by atoms with van der Waals surface area (Å²) in [7, 11) is 0. The molecule has 0 aromatic carbocycles. The van der Waals surface area contributed by atoms with Crippen LogP contribution in [0.5, 0.6) is 0 Å². The Morgan fingerprint density at radius 3 is 2.21 bits per heavy atom. The van der Waals surface area contributed by atoms with E-state index in [-0.39, 0.29) is 23.8 Å². The maximum Gasteiger partial charge on any atom is 0.236 e. The van der Waals surface area contributed by atoms with Crippen molar-refractivity contribution < 1.29 is 9.59 Å². The molecule has 2 N–H and O–H groups in total. The number of hydrogen-bond acceptors (Lipinski definition) is 4. The highest BCUT2D eigenvalue weighted by Gasteiger charge is 2.31. The Kier molecular flexibility index (Phi) is 6.11. The molecule has 2 amide bonds. The van der Waals surface area contributed by atoms with Gasteiger partial charge in [-0.1, -0.05) is 6.42 Å². The van der Waals surface area contributed by atoms with Gasteiger partial charge in [0.25, 0.3) is 0 Å². The topological polar surface area (TPSA) is 69.9 Å². The van der Waals surface area contributed by atoms with Crippen molar-refractivity contribution in [3.05, 3.63) is 0 Å². The Balaban J connectivity index is 1.42. The quantitative estimate of drug-likeness (QED) is 0.822. The molecule has 0 aromatic heterocycles. The van der Waals surface area contributed by atoms with Gasteiger partial charge < -0.3 is 15.5 Å². The zero-order valence-corrected chi connectivity index (χ0v) is 14.8. The summed E-state index contributed by atoms with van der Waals surface area (Å²) in [5.41, 5.74) is 6.02. The van der Waals surface area contributed by atoms with Gasteiger partial charge in [-0.05, 0) is 38.5 Å². The molecule has 3 rings (SSSR count). The number of amides is 2. The minimum Gasteiger partial charge on any atom is -0.342 e. The van der Waals surface area contributed by atoms with Crippen LogP contribution in [-0.4, -0.2) is 78.4 Å². The maximum atomic E-state index is 12.7. The van der Waals surface area contributed by atoms with Gasteiger partial charge in [0, 0.05) is 51.2 Å². The standard InChI is InChI=1S/C18H32N4O2/c19-16-6-4-5-15(13-16)18(24)22-11-9-20(10-12-22)14-17(23)21-7-2-1-3-8-21/h15-16H,1-14,19H2. The molecule has 1 saturated carbocycles. The van der Waals surface area contributed by atoms with E-state index in [1.807, 2.05) is 9.80 Å². The minimum absolute atomic E-state index is 0.121. The number of piperidine rings is 1. The first-order valence-electron chi connectivity index (χ1n) is 9.68. The smallest absolute Gasteiger partial charge is 0.236 e. The lowest BCUT2D eigenvalue weighted by Crippen LogP contribution is -2.53. The third kappa shape index (κ3) is 4.48. The van der Waals surface area contributed by atoms with Crippen LogP contribution in [-0.2, 0) is 9.59 Å². The number of rotatable bonds is 3. The molecule has 6 heteroatoms. The average molecular weight is 336 g/mol. The van der Waals surface area contributed by atoms with Gasteiger partial charge >= 0.3 is 0 Å². The molecule has 2 heterocycles. The van der Waals surface area contributed by atoms with Gasteiger partial charge in [0.15, 0.2) is 0 Å². The average Bonchev–Trinajstić information content (AvgIpc) is 2.62. The van der Waals surface area contributed by atoms with Crippen molar-refractivity contribution in [1.29, 1.82) is 0 Å². The van der Waals surface area contributed by atoms with Crippen LogP contribution < -0.4 is 5.73 Å². The molecule has 2 aliphatic heterocycles. The monoisotopic (exact) mass is 336 g/mol. The fraction of sp³-hybridized carbons (Fsp3) is 0.889. The van der Waals surface area contributed by atoms with Crippen molar-refractivity contribution in [2.45, 2.75) is 51.0 Å². The summed E-state index contributed by atoms with van der Waals surface area (Å²) in [4.78, 5) is 31.2. The van der Waals surface area contributed by atoms with E-state index in [4.69, 9.17) is 5.73 Å². The van der Waals surface area contributed by atoms with Crippen LogP contribution in [0.2, 0.25) is 0 Å². The molecular weight excluding hydrogens is 304 g/mol. The summed E-state index contributed by atoms with van der Waals surface area (Å²) in [6, 6.07) is 0.191. The van der Waals surface area contributed by atoms with E-state index in [0.29, 0.717) is 6.54 Å². The fourth-order valence-corrected chi connectivity index (χ4v) is 4.27. The van der Waals surface area contributed by atoms with Crippen LogP contribution in [0.4, 0.5) is 0 Å². The van der Waals surface area contributed by atoms with Crippen molar-refractivity contribution in [2.75, 3.05) is 45.8 Å². The van der Waals surface area contributed by atoms with Gasteiger partial charge in [-0.25, -0.2) is 0 Å². The molecule has 2 atom stereocenters. The van der Waals surface area contributed by atoms with Crippen LogP contribution in [0.15, 0.2) is 0 Å². The van der Waals surface area contributed by atoms with Crippen molar-refractivity contribution in [3.8, 4) is 0 Å². The molecule has 0 spiro atoms. The molecule has 136 valence electrons. The van der Waals surface area contributed by atoms with Gasteiger partial charge in [-0.3, -0.25) is 14.5 Å². The van der Waals surface area contributed by atoms with E-state index in [0.717, 1.165) is 77.8 Å². The van der Waals surface area contributed by atoms with Gasteiger partial charge in [0.1, 0.15) is 0 Å². The molecule has 3 fully saturated rings. The highest BCUT2D eigenvalue weighted by molar-refractivity contribution is 5.79. The highest BCUT2D eigenvalue weighted by atomic mass is 16.2. The summed E-state index contributed by atoms with van der Waals surface area (Å²) < 4.78 is 0. The Morgan fingerprint density at radius 2 is 1.54 bits per heavy atom. The van der Waals surface area contributed by atoms with E-state index >= 15 is 0 Å². The van der Waals surface area contributed by atoms with E-state index in [1.165, 1.54) is 6.42 Å². The zero-order valence-electron chi connectivity index (χ0n) is 14.8. The lowest BCUT2D eigenvalue weighted by molar-refractivity contribution is -0.139. The summed E-state index contributed by atoms with van der Waals surface area (Å²) in [6.45, 7) is 5.46. The number of carbonyl (C=O) groups excluding carboxylic acids is 2. The first-order valence-corrected chi connectivity index (χ1v) is 9.68. The van der Waals surface area contributed by atoms with E-state index in [9.17, 15) is 9.59 Å². The van der Waals surface area contributed by atoms with Crippen LogP contribution >= 0.6 is 0 Å². The summed E-state index contributed by atoms with van der Waals surface area (Å²) in [5.74, 6) is 0.662. The molecule has 2 unspecified atom stereocenters. The first-order chi connectivity index (χ1) is 11.6. The SMILES string of the molecule is NC1CCCC(C(=O)N2CCN(CC(=O)N3CCCCC3)CC2)C1. The predicted molar refractivity (Wildman–Crippen MR) is 93.4 cm³/mol. The molecule has 0 radical (unpaired) electrons. The molecule has 3 aliphatic rings. The lowest BCUT2D eigenvalue weighted by atomic mass is 9.85. The lowest BCUT2D eigenvalue weighted by Gasteiger charge is -2.38. The Hall–Kier alpha value is -1.14. The predicted octanol–water partition coefficient (Wildman–Crippen LogP) is 0.661. The third-order valence-corrected chi connectivity index (χ3v) is 5.82. The van der Waals surface area contributed by atoms with Crippen LogP contribution in [0.1, 0.15) is 44.9 Å². The largest absolute Gasteiger partial charge is 0.342 e. The Morgan fingerprint density at radius 1 is 0.833 bits per heavy atom. The highest BCUT2D eigenvalue weighted by Crippen LogP contribution is 2.25. The number of hydrogen-bond donors (Lipinski definition) is 1. The van der Waals surface area contributed by atoms with Gasteiger partial charge in [-0.2, -0.15) is 0 Å². The number of nitrogens with two attached hydrogens (primary N) is 1. The van der Waals surface area contributed by atoms with E-state index in [2.05, 4.69) is 4.90 Å². The molecule has 0 bridgehead atoms. The zero-order chi connectivity index (χ0) is 16.9. The number of carbonyl (C=O) groups is 2. The van der Waals surface area contributed by atoms with Crippen molar-refractivity contribution >= 4 is 11.8 Å². The van der Waals surface area contributed by atoms with Gasteiger partial charge in [0.05, 0.1) is 6.54 Å². The van der Waals surface area contributed by atoms with E-state index in [1.54, 1.807) is 0 Å². The molecule has 24 heavy (non-hydrogen) atoms. The molecule has 1 aliphatic carbocycles. The summed E-state index contributed by atoms with van der Waals surface area (Å²) in [6.07, 6.45) is 7.47. The molecule has 0 aromatic rings. The van der Waals surface area contributed by atoms with Crippen LogP contribution in [0.25, 0.3) is 0 Å². The van der Waals surface area contributed by atoms with Crippen LogP contribution in [0.3, 0.4) is 0 Å². The van der Waals surface area contributed by atoms with Crippen molar-refractivity contribution in [3.63, 3.8) is 0 Å². The van der Waals surface area contributed by atoms with Gasteiger partial charge in [0.2, 0.25) is 11.8 Å². The minimum atomic E-state index is 0.121. The summed E-state index contributed by atoms with van der Waals surface area (Å²) >= 11 is 0. The Labute approximate surface area is 145 Å². The normalized spacial score (nSPS) is 29.5. The number of piperazine rings is 1. The molecule has 2 saturated heterocycles. The molecule has 6 nitrogen and oxygen atoms in total. The van der Waals surface area contributed by atoms with Crippen molar-refractivity contribution in [2.24, 2.45) is 11.7 Å². The van der Waals surface area contributed by atoms with Crippen LogP contribution in [0, 0.1) is 5.92 Å². The van der Waals surface area contributed by atoms with E-state index < -0.39 is 0 Å². The second-order valence-electron chi connectivity index (χ2n) is 7.67. The first kappa shape index (κ1) is 17.7. The second-order valence-corrected chi connectivity index (χ2v) is 7.67. The fourth-order valence-electron chi connectivity index (χ4n) is 4.27. The summed E-state index contributed by atoms with van der Waals surface area (Å²) in [5, 5.41) is 0. The van der Waals surface area contributed by atoms with Gasteiger partial charge in [-0.15, -0.1) is 0 Å². The molecular formula is C18H32N4O2. The Bertz CT molecular complexity index is 442. The maximum absolute atomic E-state index is 12.7. The third-order valence-electron chi connectivity index (χ3n) is 5.82. The van der Waals surface area contributed by atoms with Crippen molar-refractivity contribution in [1.82, 2.24) is 14.7 Å².